The molecule has 0 fully saturated rings. The van der Waals surface area contributed by atoms with Gasteiger partial charge in [0.1, 0.15) is 18.3 Å². The lowest BCUT2D eigenvalue weighted by Gasteiger charge is -2.34. The molecule has 118 valence electrons. The third-order valence-electron chi connectivity index (χ3n) is 3.91. The number of aliphatic hydroxyl groups is 4. The summed E-state index contributed by atoms with van der Waals surface area (Å²) in [5, 5.41) is 41.6. The van der Waals surface area contributed by atoms with E-state index in [0.29, 0.717) is 5.57 Å². The van der Waals surface area contributed by atoms with E-state index in [1.165, 1.54) is 25.7 Å². The molecule has 20 heavy (non-hydrogen) atoms. The normalized spacial score (nSPS) is 30.4. The summed E-state index contributed by atoms with van der Waals surface area (Å²) in [6.07, 6.45) is 5.34. The Bertz CT molecular complexity index is 296. The maximum Gasteiger partial charge on any atom is 0.111 e. The molecule has 0 amide bonds. The summed E-state index contributed by atoms with van der Waals surface area (Å²) in [7, 11) is 0. The zero-order valence-electron chi connectivity index (χ0n) is 12.3. The van der Waals surface area contributed by atoms with Gasteiger partial charge in [0.25, 0.3) is 0 Å². The molecule has 0 aromatic heterocycles. The van der Waals surface area contributed by atoms with E-state index in [-0.39, 0.29) is 6.61 Å². The summed E-state index contributed by atoms with van der Waals surface area (Å²) in [5.74, 6) is 0. The van der Waals surface area contributed by atoms with Crippen molar-refractivity contribution in [2.75, 3.05) is 13.2 Å². The molecule has 0 saturated carbocycles. The van der Waals surface area contributed by atoms with Gasteiger partial charge < -0.3 is 25.7 Å². The maximum absolute atomic E-state index is 9.90. The number of hydrogen-bond donors (Lipinski definition) is 5. The van der Waals surface area contributed by atoms with Gasteiger partial charge >= 0.3 is 0 Å². The van der Waals surface area contributed by atoms with Crippen LogP contribution in [0.1, 0.15) is 45.4 Å². The lowest BCUT2D eigenvalue weighted by molar-refractivity contribution is -0.0641. The van der Waals surface area contributed by atoms with Crippen LogP contribution in [0.5, 0.6) is 0 Å². The molecule has 5 nitrogen and oxygen atoms in total. The van der Waals surface area contributed by atoms with Crippen molar-refractivity contribution in [3.63, 3.8) is 0 Å². The van der Waals surface area contributed by atoms with Crippen LogP contribution in [0, 0.1) is 0 Å². The Kier molecular flexibility index (Phi) is 8.33. The fourth-order valence-electron chi connectivity index (χ4n) is 2.55. The standard InChI is InChI=1S/C15H29NO4/c1-2-3-4-5-6-7-8-16-12-9-11(10-17)13(18)15(20)14(12)19/h9,12-20H,2-8,10H2,1H3/t12-,13+,14+,15?/m1/s1. The van der Waals surface area contributed by atoms with E-state index in [2.05, 4.69) is 12.2 Å². The Labute approximate surface area is 121 Å². The van der Waals surface area contributed by atoms with Gasteiger partial charge in [0.2, 0.25) is 0 Å². The summed E-state index contributed by atoms with van der Waals surface area (Å²) in [5.41, 5.74) is 0.364. The molecule has 1 rings (SSSR count). The SMILES string of the molecule is CCCCCCCCN[C@@H]1C=C(CO)[C@H](O)C(O)[C@H]1O. The minimum atomic E-state index is -1.25. The first-order valence-electron chi connectivity index (χ1n) is 7.70. The highest BCUT2D eigenvalue weighted by molar-refractivity contribution is 5.21. The van der Waals surface area contributed by atoms with Crippen LogP contribution >= 0.6 is 0 Å². The molecule has 1 aliphatic carbocycles. The third-order valence-corrected chi connectivity index (χ3v) is 3.91. The van der Waals surface area contributed by atoms with Crippen LogP contribution in [0.2, 0.25) is 0 Å². The van der Waals surface area contributed by atoms with Crippen molar-refractivity contribution < 1.29 is 20.4 Å². The van der Waals surface area contributed by atoms with Crippen molar-refractivity contribution >= 4 is 0 Å². The molecular formula is C15H29NO4. The first-order valence-corrected chi connectivity index (χ1v) is 7.70. The molecule has 0 aliphatic heterocycles. The van der Waals surface area contributed by atoms with Gasteiger partial charge in [-0.25, -0.2) is 0 Å². The van der Waals surface area contributed by atoms with Gasteiger partial charge in [0, 0.05) is 0 Å². The van der Waals surface area contributed by atoms with Gasteiger partial charge in [-0.05, 0) is 18.5 Å². The second-order valence-corrected chi connectivity index (χ2v) is 5.57. The predicted octanol–water partition coefficient (Wildman–Crippen LogP) is 0.320. The van der Waals surface area contributed by atoms with Gasteiger partial charge in [0.15, 0.2) is 0 Å². The van der Waals surface area contributed by atoms with Crippen LogP contribution in [-0.4, -0.2) is 57.9 Å². The van der Waals surface area contributed by atoms with E-state index in [0.717, 1.165) is 19.4 Å². The average molecular weight is 287 g/mol. The first kappa shape index (κ1) is 17.6. The highest BCUT2D eigenvalue weighted by Gasteiger charge is 2.36. The zero-order chi connectivity index (χ0) is 15.0. The maximum atomic E-state index is 9.90. The monoisotopic (exact) mass is 287 g/mol. The number of nitrogens with one attached hydrogen (secondary N) is 1. The molecule has 5 N–H and O–H groups in total. The number of hydrogen-bond acceptors (Lipinski definition) is 5. The smallest absolute Gasteiger partial charge is 0.111 e. The van der Waals surface area contributed by atoms with Crippen LogP contribution in [0.25, 0.3) is 0 Å². The van der Waals surface area contributed by atoms with Gasteiger partial charge in [-0.15, -0.1) is 0 Å². The van der Waals surface area contributed by atoms with E-state index >= 15 is 0 Å². The fraction of sp³-hybridized carbons (Fsp3) is 0.867. The van der Waals surface area contributed by atoms with Crippen molar-refractivity contribution in [2.45, 2.75) is 69.8 Å². The van der Waals surface area contributed by atoms with Crippen LogP contribution in [0.3, 0.4) is 0 Å². The van der Waals surface area contributed by atoms with E-state index in [1.54, 1.807) is 6.08 Å². The summed E-state index contributed by atoms with van der Waals surface area (Å²) in [6, 6.07) is -0.411. The third kappa shape index (κ3) is 5.14. The topological polar surface area (TPSA) is 93.0 Å². The Balaban J connectivity index is 2.29. The molecule has 1 aliphatic rings. The molecule has 0 aromatic carbocycles. The molecule has 0 heterocycles. The van der Waals surface area contributed by atoms with Crippen LogP contribution in [0.15, 0.2) is 11.6 Å². The number of rotatable bonds is 9. The van der Waals surface area contributed by atoms with Gasteiger partial charge in [-0.1, -0.05) is 45.1 Å². The molecule has 0 aromatic rings. The minimum Gasteiger partial charge on any atom is -0.392 e. The lowest BCUT2D eigenvalue weighted by Crippen LogP contribution is -2.54. The Morgan fingerprint density at radius 2 is 1.65 bits per heavy atom. The first-order chi connectivity index (χ1) is 9.61. The highest BCUT2D eigenvalue weighted by Crippen LogP contribution is 2.20. The molecule has 1 unspecified atom stereocenters. The predicted molar refractivity (Wildman–Crippen MR) is 78.4 cm³/mol. The molecular weight excluding hydrogens is 258 g/mol. The van der Waals surface area contributed by atoms with Crippen molar-refractivity contribution in [1.82, 2.24) is 5.32 Å². The van der Waals surface area contributed by atoms with Gasteiger partial charge in [-0.2, -0.15) is 0 Å². The minimum absolute atomic E-state index is 0.305. The Hall–Kier alpha value is -0.460. The van der Waals surface area contributed by atoms with Crippen molar-refractivity contribution in [3.05, 3.63) is 11.6 Å². The fourth-order valence-corrected chi connectivity index (χ4v) is 2.55. The Morgan fingerprint density at radius 3 is 2.30 bits per heavy atom. The summed E-state index contributed by atoms with van der Waals surface area (Å²) in [4.78, 5) is 0. The second-order valence-electron chi connectivity index (χ2n) is 5.57. The highest BCUT2D eigenvalue weighted by atomic mass is 16.4. The van der Waals surface area contributed by atoms with Crippen LogP contribution < -0.4 is 5.32 Å². The second kappa shape index (κ2) is 9.47. The van der Waals surface area contributed by atoms with E-state index < -0.39 is 24.4 Å². The van der Waals surface area contributed by atoms with Crippen molar-refractivity contribution in [1.29, 1.82) is 0 Å². The molecule has 4 atom stereocenters. The zero-order valence-corrected chi connectivity index (χ0v) is 12.3. The quantitative estimate of drug-likeness (QED) is 0.311. The Morgan fingerprint density at radius 1 is 1.00 bits per heavy atom. The van der Waals surface area contributed by atoms with Gasteiger partial charge in [0.05, 0.1) is 12.6 Å². The molecule has 0 radical (unpaired) electrons. The molecule has 0 bridgehead atoms. The van der Waals surface area contributed by atoms with E-state index in [1.807, 2.05) is 0 Å². The van der Waals surface area contributed by atoms with Crippen molar-refractivity contribution in [3.8, 4) is 0 Å². The van der Waals surface area contributed by atoms with E-state index in [4.69, 9.17) is 5.11 Å². The lowest BCUT2D eigenvalue weighted by atomic mass is 9.88. The van der Waals surface area contributed by atoms with E-state index in [9.17, 15) is 15.3 Å². The van der Waals surface area contributed by atoms with Crippen molar-refractivity contribution in [2.24, 2.45) is 0 Å². The van der Waals surface area contributed by atoms with Crippen LogP contribution in [-0.2, 0) is 0 Å². The largest absolute Gasteiger partial charge is 0.392 e. The summed E-state index contributed by atoms with van der Waals surface area (Å²) >= 11 is 0. The summed E-state index contributed by atoms with van der Waals surface area (Å²) < 4.78 is 0. The molecule has 5 heteroatoms. The summed E-state index contributed by atoms with van der Waals surface area (Å²) in [6.45, 7) is 2.64. The number of aliphatic hydroxyl groups excluding tert-OH is 4. The van der Waals surface area contributed by atoms with Crippen LogP contribution in [0.4, 0.5) is 0 Å². The average Bonchev–Trinajstić information content (AvgIpc) is 2.46. The number of unbranched alkanes of at least 4 members (excludes halogenated alkanes) is 5. The molecule has 0 saturated heterocycles. The van der Waals surface area contributed by atoms with Gasteiger partial charge in [-0.3, -0.25) is 0 Å². The molecule has 0 spiro atoms.